The number of halogens is 1. The molecule has 1 unspecified atom stereocenters. The van der Waals surface area contributed by atoms with E-state index in [1.54, 1.807) is 7.11 Å². The summed E-state index contributed by atoms with van der Waals surface area (Å²) in [5.41, 5.74) is 1.20. The van der Waals surface area contributed by atoms with Crippen molar-refractivity contribution in [3.63, 3.8) is 0 Å². The molecule has 0 fully saturated rings. The Bertz CT molecular complexity index is 341. The fourth-order valence-electron chi connectivity index (χ4n) is 1.88. The minimum atomic E-state index is 0.598. The van der Waals surface area contributed by atoms with Crippen LogP contribution in [0.4, 0.5) is 0 Å². The number of nitrogens with one attached hydrogen (secondary N) is 1. The van der Waals surface area contributed by atoms with Gasteiger partial charge >= 0.3 is 0 Å². The Labute approximate surface area is 109 Å². The summed E-state index contributed by atoms with van der Waals surface area (Å²) in [6, 6.07) is 6.53. The van der Waals surface area contributed by atoms with Gasteiger partial charge < -0.3 is 10.1 Å². The number of hydrogen-bond donors (Lipinski definition) is 1. The normalized spacial score (nSPS) is 12.5. The summed E-state index contributed by atoms with van der Waals surface area (Å²) in [4.78, 5) is 0. The van der Waals surface area contributed by atoms with Crippen LogP contribution in [-0.4, -0.2) is 13.2 Å². The fraction of sp³-hybridized carbons (Fsp3) is 0.571. The topological polar surface area (TPSA) is 21.3 Å². The molecule has 0 aliphatic rings. The summed E-state index contributed by atoms with van der Waals surface area (Å²) in [7, 11) is 1.63. The van der Waals surface area contributed by atoms with Gasteiger partial charge in [-0.1, -0.05) is 37.9 Å². The standard InChI is InChI=1S/C14H22ClNO/c1-4-6-12(5-2)16-10-11-7-8-14(17-3)13(15)9-11/h7-9,12,16H,4-6,10H2,1-3H3. The van der Waals surface area contributed by atoms with E-state index >= 15 is 0 Å². The number of rotatable bonds is 7. The molecule has 1 atom stereocenters. The van der Waals surface area contributed by atoms with Gasteiger partial charge in [-0.2, -0.15) is 0 Å². The van der Waals surface area contributed by atoms with Gasteiger partial charge in [-0.25, -0.2) is 0 Å². The van der Waals surface area contributed by atoms with Gasteiger partial charge in [-0.15, -0.1) is 0 Å². The molecule has 0 bridgehead atoms. The van der Waals surface area contributed by atoms with Crippen LogP contribution in [0.2, 0.25) is 5.02 Å². The van der Waals surface area contributed by atoms with Crippen LogP contribution in [0.3, 0.4) is 0 Å². The van der Waals surface area contributed by atoms with E-state index in [4.69, 9.17) is 16.3 Å². The molecule has 0 heterocycles. The van der Waals surface area contributed by atoms with Crippen molar-refractivity contribution in [1.82, 2.24) is 5.32 Å². The first kappa shape index (κ1) is 14.3. The van der Waals surface area contributed by atoms with Gasteiger partial charge in [0, 0.05) is 12.6 Å². The predicted octanol–water partition coefficient (Wildman–Crippen LogP) is 4.02. The van der Waals surface area contributed by atoms with Crippen LogP contribution in [0.25, 0.3) is 0 Å². The summed E-state index contributed by atoms with van der Waals surface area (Å²) < 4.78 is 5.13. The van der Waals surface area contributed by atoms with Gasteiger partial charge in [0.1, 0.15) is 5.75 Å². The monoisotopic (exact) mass is 255 g/mol. The van der Waals surface area contributed by atoms with Crippen molar-refractivity contribution in [2.45, 2.75) is 45.7 Å². The van der Waals surface area contributed by atoms with Crippen molar-refractivity contribution in [3.05, 3.63) is 28.8 Å². The highest BCUT2D eigenvalue weighted by atomic mass is 35.5. The van der Waals surface area contributed by atoms with Gasteiger partial charge in [-0.3, -0.25) is 0 Å². The van der Waals surface area contributed by atoms with E-state index < -0.39 is 0 Å². The van der Waals surface area contributed by atoms with Gasteiger partial charge in [0.05, 0.1) is 12.1 Å². The van der Waals surface area contributed by atoms with Crippen molar-refractivity contribution < 1.29 is 4.74 Å². The molecule has 1 aromatic carbocycles. The van der Waals surface area contributed by atoms with Gasteiger partial charge in [0.2, 0.25) is 0 Å². The Morgan fingerprint density at radius 3 is 2.65 bits per heavy atom. The van der Waals surface area contributed by atoms with Crippen molar-refractivity contribution in [3.8, 4) is 5.75 Å². The smallest absolute Gasteiger partial charge is 0.137 e. The van der Waals surface area contributed by atoms with Crippen molar-refractivity contribution in [2.24, 2.45) is 0 Å². The molecule has 3 heteroatoms. The second-order valence-corrected chi connectivity index (χ2v) is 4.65. The molecule has 0 aliphatic carbocycles. The summed E-state index contributed by atoms with van der Waals surface area (Å²) in [5.74, 6) is 0.732. The second kappa shape index (κ2) is 7.57. The first-order valence-corrected chi connectivity index (χ1v) is 6.64. The number of ether oxygens (including phenoxy) is 1. The van der Waals surface area contributed by atoms with E-state index in [0.717, 1.165) is 18.7 Å². The zero-order valence-corrected chi connectivity index (χ0v) is 11.7. The molecule has 0 radical (unpaired) electrons. The third-order valence-corrected chi connectivity index (χ3v) is 3.24. The number of hydrogen-bond acceptors (Lipinski definition) is 2. The lowest BCUT2D eigenvalue weighted by atomic mass is 10.1. The van der Waals surface area contributed by atoms with E-state index in [-0.39, 0.29) is 0 Å². The minimum absolute atomic E-state index is 0.598. The lowest BCUT2D eigenvalue weighted by Crippen LogP contribution is -2.27. The molecule has 0 amide bonds. The Hall–Kier alpha value is -0.730. The molecule has 1 aromatic rings. The van der Waals surface area contributed by atoms with E-state index in [1.165, 1.54) is 18.4 Å². The highest BCUT2D eigenvalue weighted by molar-refractivity contribution is 6.32. The predicted molar refractivity (Wildman–Crippen MR) is 73.8 cm³/mol. The summed E-state index contributed by atoms with van der Waals surface area (Å²) in [5, 5.41) is 4.23. The largest absolute Gasteiger partial charge is 0.495 e. The number of benzene rings is 1. The molecule has 96 valence electrons. The maximum atomic E-state index is 6.09. The first-order valence-electron chi connectivity index (χ1n) is 6.27. The maximum Gasteiger partial charge on any atom is 0.137 e. The Morgan fingerprint density at radius 2 is 2.12 bits per heavy atom. The fourth-order valence-corrected chi connectivity index (χ4v) is 2.16. The van der Waals surface area contributed by atoms with Crippen LogP contribution in [0.5, 0.6) is 5.75 Å². The van der Waals surface area contributed by atoms with Crippen molar-refractivity contribution in [1.29, 1.82) is 0 Å². The third-order valence-electron chi connectivity index (χ3n) is 2.94. The SMILES string of the molecule is CCCC(CC)NCc1ccc(OC)c(Cl)c1. The van der Waals surface area contributed by atoms with Crippen molar-refractivity contribution in [2.75, 3.05) is 7.11 Å². The van der Waals surface area contributed by atoms with E-state index in [9.17, 15) is 0 Å². The average molecular weight is 256 g/mol. The quantitative estimate of drug-likeness (QED) is 0.795. The number of methoxy groups -OCH3 is 1. The Morgan fingerprint density at radius 1 is 1.35 bits per heavy atom. The van der Waals surface area contributed by atoms with Crippen LogP contribution in [0.15, 0.2) is 18.2 Å². The zero-order chi connectivity index (χ0) is 12.7. The highest BCUT2D eigenvalue weighted by Crippen LogP contribution is 2.24. The molecule has 0 aromatic heterocycles. The molecule has 0 aliphatic heterocycles. The van der Waals surface area contributed by atoms with Crippen LogP contribution in [0, 0.1) is 0 Å². The summed E-state index contributed by atoms with van der Waals surface area (Å²) >= 11 is 6.09. The Balaban J connectivity index is 2.54. The maximum absolute atomic E-state index is 6.09. The summed E-state index contributed by atoms with van der Waals surface area (Å²) in [6.07, 6.45) is 3.60. The zero-order valence-electron chi connectivity index (χ0n) is 10.9. The first-order chi connectivity index (χ1) is 8.21. The lowest BCUT2D eigenvalue weighted by Gasteiger charge is -2.16. The molecular formula is C14H22ClNO. The molecule has 1 N–H and O–H groups in total. The van der Waals surface area contributed by atoms with E-state index in [0.29, 0.717) is 11.1 Å². The van der Waals surface area contributed by atoms with Crippen LogP contribution in [0.1, 0.15) is 38.7 Å². The molecule has 17 heavy (non-hydrogen) atoms. The second-order valence-electron chi connectivity index (χ2n) is 4.24. The third kappa shape index (κ3) is 4.57. The van der Waals surface area contributed by atoms with Gasteiger partial charge in [0.15, 0.2) is 0 Å². The van der Waals surface area contributed by atoms with Crippen LogP contribution < -0.4 is 10.1 Å². The van der Waals surface area contributed by atoms with E-state index in [2.05, 4.69) is 25.2 Å². The lowest BCUT2D eigenvalue weighted by molar-refractivity contribution is 0.414. The Kier molecular flexibility index (Phi) is 6.38. The molecule has 0 saturated carbocycles. The minimum Gasteiger partial charge on any atom is -0.495 e. The van der Waals surface area contributed by atoms with Crippen LogP contribution in [-0.2, 0) is 6.54 Å². The van der Waals surface area contributed by atoms with Gasteiger partial charge in [-0.05, 0) is 30.5 Å². The summed E-state index contributed by atoms with van der Waals surface area (Å²) in [6.45, 7) is 5.30. The molecule has 0 spiro atoms. The molecule has 2 nitrogen and oxygen atoms in total. The van der Waals surface area contributed by atoms with E-state index in [1.807, 2.05) is 12.1 Å². The molecule has 0 saturated heterocycles. The van der Waals surface area contributed by atoms with Crippen molar-refractivity contribution >= 4 is 11.6 Å². The molecule has 1 rings (SSSR count). The van der Waals surface area contributed by atoms with Gasteiger partial charge in [0.25, 0.3) is 0 Å². The highest BCUT2D eigenvalue weighted by Gasteiger charge is 2.05. The molecular weight excluding hydrogens is 234 g/mol. The average Bonchev–Trinajstić information content (AvgIpc) is 2.34. The van der Waals surface area contributed by atoms with Crippen LogP contribution >= 0.6 is 11.6 Å².